The summed E-state index contributed by atoms with van der Waals surface area (Å²) in [6, 6.07) is 2.92. The van der Waals surface area contributed by atoms with E-state index < -0.39 is 0 Å². The topological polar surface area (TPSA) is 24.9 Å². The van der Waals surface area contributed by atoms with Gasteiger partial charge in [0.25, 0.3) is 0 Å². The van der Waals surface area contributed by atoms with Crippen molar-refractivity contribution in [1.29, 1.82) is 0 Å². The second kappa shape index (κ2) is 5.45. The number of thiazole rings is 1. The second-order valence-electron chi connectivity index (χ2n) is 4.84. The zero-order chi connectivity index (χ0) is 13.6. The zero-order valence-electron chi connectivity index (χ0n) is 10.7. The molecule has 0 radical (unpaired) electrons. The van der Waals surface area contributed by atoms with Crippen molar-refractivity contribution in [3.8, 4) is 0 Å². The Balaban J connectivity index is 1.96. The predicted molar refractivity (Wildman–Crippen MR) is 86.6 cm³/mol. The molecule has 0 amide bonds. The highest BCUT2D eigenvalue weighted by Crippen LogP contribution is 2.40. The third kappa shape index (κ3) is 3.05. The minimum atomic E-state index is 0.179. The Labute approximate surface area is 134 Å². The number of hydrogen-bond donors (Lipinski definition) is 1. The molecule has 2 aromatic rings. The van der Waals surface area contributed by atoms with E-state index in [9.17, 15) is 0 Å². The minimum absolute atomic E-state index is 0.179. The lowest BCUT2D eigenvalue weighted by Crippen LogP contribution is -2.23. The largest absolute Gasteiger partial charge is 0.301 e. The molecule has 0 aliphatic heterocycles. The third-order valence-corrected chi connectivity index (χ3v) is 6.90. The molecule has 1 aliphatic carbocycles. The van der Waals surface area contributed by atoms with E-state index in [1.165, 1.54) is 22.6 Å². The summed E-state index contributed by atoms with van der Waals surface area (Å²) in [5.41, 5.74) is 1.13. The first-order valence-corrected chi connectivity index (χ1v) is 8.99. The van der Waals surface area contributed by atoms with Crippen LogP contribution in [0.25, 0.3) is 0 Å². The van der Waals surface area contributed by atoms with Crippen molar-refractivity contribution < 1.29 is 0 Å². The summed E-state index contributed by atoms with van der Waals surface area (Å²) in [6.07, 6.45) is 2.53. The highest BCUT2D eigenvalue weighted by Gasteiger charge is 2.29. The molecular formula is C13H14BrClN2S2. The van der Waals surface area contributed by atoms with Gasteiger partial charge in [0.1, 0.15) is 9.34 Å². The molecule has 0 bridgehead atoms. The molecule has 6 heteroatoms. The van der Waals surface area contributed by atoms with Crippen molar-refractivity contribution in [2.75, 3.05) is 0 Å². The fourth-order valence-corrected chi connectivity index (χ4v) is 4.76. The fourth-order valence-electron chi connectivity index (χ4n) is 1.89. The molecule has 102 valence electrons. The van der Waals surface area contributed by atoms with Crippen molar-refractivity contribution >= 4 is 50.2 Å². The first-order valence-electron chi connectivity index (χ1n) is 6.19. The Morgan fingerprint density at radius 2 is 2.16 bits per heavy atom. The van der Waals surface area contributed by atoms with Crippen LogP contribution in [0.2, 0.25) is 4.34 Å². The van der Waals surface area contributed by atoms with Gasteiger partial charge >= 0.3 is 0 Å². The van der Waals surface area contributed by atoms with Gasteiger partial charge in [-0.25, -0.2) is 4.98 Å². The predicted octanol–water partition coefficient (Wildman–Crippen LogP) is 5.08. The van der Waals surface area contributed by atoms with Crippen LogP contribution in [0.4, 0.5) is 0 Å². The lowest BCUT2D eigenvalue weighted by atomic mass is 10.2. The molecule has 2 aromatic heterocycles. The lowest BCUT2D eigenvalue weighted by Gasteiger charge is -2.14. The standard InChI is InChI=1S/C13H14BrClN2S2/c1-6-7(2)18-13(16-6)11(17-8-3-4-8)10-5-9(14)12(15)19-10/h5,8,11,17H,3-4H2,1-2H3. The Morgan fingerprint density at radius 1 is 1.42 bits per heavy atom. The molecule has 2 nitrogen and oxygen atoms in total. The van der Waals surface area contributed by atoms with Gasteiger partial charge in [-0.3, -0.25) is 0 Å². The van der Waals surface area contributed by atoms with Crippen LogP contribution < -0.4 is 5.32 Å². The van der Waals surface area contributed by atoms with Gasteiger partial charge in [0, 0.05) is 20.3 Å². The van der Waals surface area contributed by atoms with Crippen molar-refractivity contribution in [3.05, 3.63) is 35.3 Å². The SMILES string of the molecule is Cc1nc(C(NC2CC2)c2cc(Br)c(Cl)s2)sc1C. The second-order valence-corrected chi connectivity index (χ2v) is 8.61. The van der Waals surface area contributed by atoms with Gasteiger partial charge in [0.05, 0.1) is 11.7 Å². The molecule has 0 spiro atoms. The molecule has 1 saturated carbocycles. The monoisotopic (exact) mass is 376 g/mol. The molecule has 1 aliphatic rings. The highest BCUT2D eigenvalue weighted by atomic mass is 79.9. The molecule has 0 aromatic carbocycles. The number of thiophene rings is 1. The maximum atomic E-state index is 6.18. The summed E-state index contributed by atoms with van der Waals surface area (Å²) in [7, 11) is 0. The maximum absolute atomic E-state index is 6.18. The van der Waals surface area contributed by atoms with Crippen molar-refractivity contribution in [1.82, 2.24) is 10.3 Å². The summed E-state index contributed by atoms with van der Waals surface area (Å²) >= 11 is 13.1. The van der Waals surface area contributed by atoms with Crippen LogP contribution in [-0.2, 0) is 0 Å². The molecular weight excluding hydrogens is 364 g/mol. The number of nitrogens with one attached hydrogen (secondary N) is 1. The third-order valence-electron chi connectivity index (χ3n) is 3.22. The van der Waals surface area contributed by atoms with Crippen molar-refractivity contribution in [3.63, 3.8) is 0 Å². The molecule has 0 saturated heterocycles. The van der Waals surface area contributed by atoms with E-state index in [4.69, 9.17) is 16.6 Å². The van der Waals surface area contributed by atoms with Gasteiger partial charge in [0.15, 0.2) is 0 Å². The summed E-state index contributed by atoms with van der Waals surface area (Å²) in [4.78, 5) is 7.24. The van der Waals surface area contributed by atoms with Gasteiger partial charge < -0.3 is 5.32 Å². The molecule has 1 N–H and O–H groups in total. The zero-order valence-corrected chi connectivity index (χ0v) is 14.6. The summed E-state index contributed by atoms with van der Waals surface area (Å²) in [5, 5.41) is 4.83. The average Bonchev–Trinajstić information content (AvgIpc) is 3.04. The molecule has 1 unspecified atom stereocenters. The van der Waals surface area contributed by atoms with Crippen LogP contribution in [0.5, 0.6) is 0 Å². The Hall–Kier alpha value is 0.0600. The summed E-state index contributed by atoms with van der Waals surface area (Å²) in [6.45, 7) is 4.20. The Bertz CT molecular complexity index is 519. The normalized spacial score (nSPS) is 16.8. The Kier molecular flexibility index (Phi) is 4.02. The number of aromatic nitrogens is 1. The van der Waals surface area contributed by atoms with E-state index in [0.717, 1.165) is 19.5 Å². The van der Waals surface area contributed by atoms with Gasteiger partial charge in [-0.2, -0.15) is 0 Å². The molecule has 1 fully saturated rings. The fraction of sp³-hybridized carbons (Fsp3) is 0.462. The van der Waals surface area contributed by atoms with E-state index >= 15 is 0 Å². The average molecular weight is 378 g/mol. The Morgan fingerprint density at radius 3 is 2.63 bits per heavy atom. The first kappa shape index (κ1) is 14.0. The van der Waals surface area contributed by atoms with Crippen molar-refractivity contribution in [2.45, 2.75) is 38.8 Å². The van der Waals surface area contributed by atoms with Gasteiger partial charge in [-0.15, -0.1) is 22.7 Å². The number of nitrogens with zero attached hydrogens (tertiary/aromatic N) is 1. The number of aryl methyl sites for hydroxylation is 2. The van der Waals surface area contributed by atoms with E-state index in [0.29, 0.717) is 6.04 Å². The van der Waals surface area contributed by atoms with Crippen LogP contribution in [0.3, 0.4) is 0 Å². The number of halogens is 2. The van der Waals surface area contributed by atoms with Crippen LogP contribution in [-0.4, -0.2) is 11.0 Å². The van der Waals surface area contributed by atoms with E-state index in [1.807, 2.05) is 0 Å². The van der Waals surface area contributed by atoms with Crippen LogP contribution in [0, 0.1) is 13.8 Å². The van der Waals surface area contributed by atoms with E-state index in [1.54, 1.807) is 22.7 Å². The quantitative estimate of drug-likeness (QED) is 0.803. The highest BCUT2D eigenvalue weighted by molar-refractivity contribution is 9.10. The van der Waals surface area contributed by atoms with Crippen molar-refractivity contribution in [2.24, 2.45) is 0 Å². The first-order chi connectivity index (χ1) is 9.04. The van der Waals surface area contributed by atoms with Crippen LogP contribution in [0.1, 0.15) is 39.3 Å². The number of rotatable bonds is 4. The maximum Gasteiger partial charge on any atom is 0.115 e. The smallest absolute Gasteiger partial charge is 0.115 e. The van der Waals surface area contributed by atoms with Gasteiger partial charge in [-0.05, 0) is 48.7 Å². The molecule has 2 heterocycles. The van der Waals surface area contributed by atoms with Gasteiger partial charge in [0.2, 0.25) is 0 Å². The minimum Gasteiger partial charge on any atom is -0.301 e. The van der Waals surface area contributed by atoms with E-state index in [2.05, 4.69) is 41.2 Å². The molecule has 19 heavy (non-hydrogen) atoms. The van der Waals surface area contributed by atoms with E-state index in [-0.39, 0.29) is 6.04 Å². The summed E-state index contributed by atoms with van der Waals surface area (Å²) in [5.74, 6) is 0. The molecule has 3 rings (SSSR count). The lowest BCUT2D eigenvalue weighted by molar-refractivity contribution is 0.605. The van der Waals surface area contributed by atoms with Crippen LogP contribution in [0.15, 0.2) is 10.5 Å². The summed E-state index contributed by atoms with van der Waals surface area (Å²) < 4.78 is 1.78. The molecule has 1 atom stereocenters. The number of hydrogen-bond acceptors (Lipinski definition) is 4. The van der Waals surface area contributed by atoms with Gasteiger partial charge in [-0.1, -0.05) is 11.6 Å². The van der Waals surface area contributed by atoms with Crippen LogP contribution >= 0.6 is 50.2 Å².